The van der Waals surface area contributed by atoms with Gasteiger partial charge in [0.1, 0.15) is 0 Å². The normalized spacial score (nSPS) is 12.8. The number of carbonyl (C=O) groups excluding carboxylic acids is 2. The van der Waals surface area contributed by atoms with Crippen molar-refractivity contribution in [2.45, 2.75) is 12.8 Å². The number of para-hydroxylation sites is 5. The molecule has 230 valence electrons. The van der Waals surface area contributed by atoms with E-state index in [0.717, 1.165) is 8.40 Å². The van der Waals surface area contributed by atoms with E-state index in [9.17, 15) is 9.59 Å². The average molecular weight is 743 g/mol. The van der Waals surface area contributed by atoms with Crippen molar-refractivity contribution in [1.29, 1.82) is 0 Å². The Hall–Kier alpha value is -4.98. The first kappa shape index (κ1) is 30.7. The lowest BCUT2D eigenvalue weighted by molar-refractivity contribution is -0.131. The first-order valence-corrected chi connectivity index (χ1v) is 16.8. The molecule has 1 fully saturated rings. The van der Waals surface area contributed by atoms with Crippen LogP contribution >= 0.6 is 32.1 Å². The Kier molecular flexibility index (Phi) is 8.74. The van der Waals surface area contributed by atoms with E-state index >= 15 is 0 Å². The van der Waals surface area contributed by atoms with Crippen molar-refractivity contribution >= 4 is 87.5 Å². The van der Waals surface area contributed by atoms with Gasteiger partial charge >= 0.3 is 0 Å². The molecule has 0 aliphatic carbocycles. The smallest absolute Gasteiger partial charge is 0.239 e. The summed E-state index contributed by atoms with van der Waals surface area (Å²) in [4.78, 5) is 20.9. The van der Waals surface area contributed by atoms with Crippen LogP contribution in [0.5, 0.6) is 0 Å². The van der Waals surface area contributed by atoms with Crippen LogP contribution in [0.4, 0.5) is 0 Å². The second-order valence-corrected chi connectivity index (χ2v) is 12.7. The van der Waals surface area contributed by atoms with Gasteiger partial charge < -0.3 is 9.13 Å². The van der Waals surface area contributed by atoms with Gasteiger partial charge in [0.25, 0.3) is 0 Å². The molecule has 1 aliphatic rings. The molecule has 5 nitrogen and oxygen atoms in total. The maximum Gasteiger partial charge on any atom is 0.239 e. The van der Waals surface area contributed by atoms with Crippen molar-refractivity contribution in [3.05, 3.63) is 156 Å². The van der Waals surface area contributed by atoms with Gasteiger partial charge in [-0.05, 0) is 60.7 Å². The quantitative estimate of drug-likeness (QED) is 0.131. The average Bonchev–Trinajstić information content (AvgIpc) is 3.74. The lowest BCUT2D eigenvalue weighted by Crippen LogP contribution is -2.16. The topological polar surface area (TPSA) is 47.2 Å². The molecule has 9 rings (SSSR count). The maximum absolute atomic E-state index is 10.4. The van der Waals surface area contributed by atoms with Crippen molar-refractivity contribution in [2.24, 2.45) is 0 Å². The highest BCUT2D eigenvalue weighted by Crippen LogP contribution is 2.34. The monoisotopic (exact) mass is 741 g/mol. The number of aromatic nitrogens is 2. The number of hydrogen-bond acceptors (Lipinski definition) is 2. The Morgan fingerprint density at radius 2 is 0.787 bits per heavy atom. The number of carbonyl (C=O) groups is 2. The minimum Gasteiger partial charge on any atom is -0.309 e. The van der Waals surface area contributed by atoms with Crippen LogP contribution in [0.3, 0.4) is 0 Å². The molecule has 1 aliphatic heterocycles. The lowest BCUT2D eigenvalue weighted by atomic mass is 10.2. The molecule has 0 N–H and O–H groups in total. The SMILES string of the molecule is Brc1ccc2c(c1)c1ccccc1n2-c1ccccc1.O=C1CCC(=O)N1Br.c1ccc(-n2c3ccccc3c3ccccc32)cc1. The van der Waals surface area contributed by atoms with E-state index in [1.54, 1.807) is 0 Å². The number of fused-ring (bicyclic) bond motifs is 6. The molecule has 2 amide bonds. The van der Waals surface area contributed by atoms with Crippen molar-refractivity contribution in [3.63, 3.8) is 0 Å². The van der Waals surface area contributed by atoms with E-state index in [0.29, 0.717) is 12.8 Å². The van der Waals surface area contributed by atoms with Crippen LogP contribution in [0, 0.1) is 0 Å². The van der Waals surface area contributed by atoms with Crippen LogP contribution in [0.1, 0.15) is 12.8 Å². The van der Waals surface area contributed by atoms with Gasteiger partial charge in [-0.15, -0.1) is 0 Å². The number of benzene rings is 6. The molecule has 7 heteroatoms. The van der Waals surface area contributed by atoms with Gasteiger partial charge in [-0.2, -0.15) is 0 Å². The molecule has 2 aromatic heterocycles. The van der Waals surface area contributed by atoms with Gasteiger partial charge in [0, 0.05) is 50.2 Å². The highest BCUT2D eigenvalue weighted by Gasteiger charge is 2.26. The van der Waals surface area contributed by atoms with E-state index in [1.807, 2.05) is 6.07 Å². The van der Waals surface area contributed by atoms with E-state index in [-0.39, 0.29) is 11.8 Å². The number of amides is 2. The van der Waals surface area contributed by atoms with Crippen molar-refractivity contribution in [3.8, 4) is 11.4 Å². The largest absolute Gasteiger partial charge is 0.309 e. The zero-order chi connectivity index (χ0) is 32.3. The highest BCUT2D eigenvalue weighted by atomic mass is 79.9. The Morgan fingerprint density at radius 3 is 1.19 bits per heavy atom. The van der Waals surface area contributed by atoms with Gasteiger partial charge in [-0.3, -0.25) is 9.59 Å². The second kappa shape index (κ2) is 13.4. The van der Waals surface area contributed by atoms with Crippen LogP contribution < -0.4 is 0 Å². The number of imide groups is 1. The van der Waals surface area contributed by atoms with E-state index < -0.39 is 0 Å². The molecule has 6 aromatic carbocycles. The third kappa shape index (κ3) is 6.00. The lowest BCUT2D eigenvalue weighted by Gasteiger charge is -2.07. The second-order valence-electron chi connectivity index (χ2n) is 11.1. The predicted octanol–water partition coefficient (Wildman–Crippen LogP) is 10.8. The van der Waals surface area contributed by atoms with E-state index in [1.165, 1.54) is 55.0 Å². The van der Waals surface area contributed by atoms with Crippen molar-refractivity contribution in [1.82, 2.24) is 13.1 Å². The van der Waals surface area contributed by atoms with Gasteiger partial charge in [0.15, 0.2) is 0 Å². The summed E-state index contributed by atoms with van der Waals surface area (Å²) in [5, 5.41) is 5.18. The number of halogens is 2. The Morgan fingerprint density at radius 1 is 0.426 bits per heavy atom. The highest BCUT2D eigenvalue weighted by molar-refractivity contribution is 9.10. The number of nitrogens with zero attached hydrogens (tertiary/aromatic N) is 3. The Labute approximate surface area is 289 Å². The molecule has 0 saturated carbocycles. The fourth-order valence-corrected chi connectivity index (χ4v) is 6.84. The van der Waals surface area contributed by atoms with Crippen molar-refractivity contribution in [2.75, 3.05) is 0 Å². The van der Waals surface area contributed by atoms with Crippen LogP contribution in [-0.2, 0) is 9.59 Å². The predicted molar refractivity (Wildman–Crippen MR) is 199 cm³/mol. The summed E-state index contributed by atoms with van der Waals surface area (Å²) >= 11 is 6.38. The summed E-state index contributed by atoms with van der Waals surface area (Å²) < 4.78 is 6.73. The van der Waals surface area contributed by atoms with Gasteiger partial charge in [-0.25, -0.2) is 3.93 Å². The molecule has 3 heterocycles. The summed E-state index contributed by atoms with van der Waals surface area (Å²) in [5.41, 5.74) is 7.40. The maximum atomic E-state index is 10.4. The minimum absolute atomic E-state index is 0.144. The van der Waals surface area contributed by atoms with Crippen LogP contribution in [0.25, 0.3) is 55.0 Å². The summed E-state index contributed by atoms with van der Waals surface area (Å²) in [6.45, 7) is 0. The number of rotatable bonds is 2. The summed E-state index contributed by atoms with van der Waals surface area (Å²) in [6.07, 6.45) is 0.703. The third-order valence-electron chi connectivity index (χ3n) is 8.23. The molecule has 8 aromatic rings. The summed E-state index contributed by atoms with van der Waals surface area (Å²) in [5.74, 6) is -0.287. The van der Waals surface area contributed by atoms with Gasteiger partial charge in [0.05, 0.1) is 38.2 Å². The van der Waals surface area contributed by atoms with Crippen LogP contribution in [0.15, 0.2) is 156 Å². The van der Waals surface area contributed by atoms with Crippen molar-refractivity contribution < 1.29 is 9.59 Å². The van der Waals surface area contributed by atoms with E-state index in [2.05, 4.69) is 187 Å². The molecule has 0 radical (unpaired) electrons. The molecular weight excluding hydrogens is 714 g/mol. The zero-order valence-corrected chi connectivity index (χ0v) is 28.4. The van der Waals surface area contributed by atoms with Gasteiger partial charge in [0.2, 0.25) is 11.8 Å². The zero-order valence-electron chi connectivity index (χ0n) is 25.3. The van der Waals surface area contributed by atoms with Gasteiger partial charge in [-0.1, -0.05) is 107 Å². The van der Waals surface area contributed by atoms with Crippen LogP contribution in [0.2, 0.25) is 0 Å². The third-order valence-corrected chi connectivity index (χ3v) is 9.52. The molecule has 0 spiro atoms. The van der Waals surface area contributed by atoms with E-state index in [4.69, 9.17) is 0 Å². The summed E-state index contributed by atoms with van der Waals surface area (Å²) in [7, 11) is 0. The van der Waals surface area contributed by atoms with Crippen LogP contribution in [-0.4, -0.2) is 24.9 Å². The molecule has 0 atom stereocenters. The molecule has 0 bridgehead atoms. The fraction of sp³-hybridized carbons (Fsp3) is 0.0500. The molecular formula is C40H29Br2N3O2. The molecule has 47 heavy (non-hydrogen) atoms. The first-order chi connectivity index (χ1) is 23.0. The molecule has 1 saturated heterocycles. The summed E-state index contributed by atoms with van der Waals surface area (Å²) in [6, 6.07) is 53.2. The first-order valence-electron chi connectivity index (χ1n) is 15.3. The Bertz CT molecular complexity index is 2310. The number of hydrogen-bond donors (Lipinski definition) is 0. The standard InChI is InChI=1S/C18H12BrN.C18H13N.C4H4BrNO2/c19-13-10-11-18-16(12-13)15-8-4-5-9-17(15)20(18)14-6-2-1-3-7-14;1-2-8-14(9-3-1)19-17-12-6-4-10-15(17)16-11-5-7-13-18(16)19;5-6-3(7)1-2-4(6)8/h1-12H;1-13H;1-2H2. The Balaban J connectivity index is 0.000000122. The fourth-order valence-electron chi connectivity index (χ4n) is 6.13. The molecule has 0 unspecified atom stereocenters. The minimum atomic E-state index is -0.144.